The summed E-state index contributed by atoms with van der Waals surface area (Å²) >= 11 is 0. The molecule has 2 aliphatic heterocycles. The molecule has 1 aromatic carbocycles. The van der Waals surface area contributed by atoms with E-state index in [1.54, 1.807) is 18.5 Å². The van der Waals surface area contributed by atoms with Crippen molar-refractivity contribution in [1.29, 1.82) is 0 Å². The van der Waals surface area contributed by atoms with Crippen LogP contribution in [0.3, 0.4) is 0 Å². The molecule has 8 heteroatoms. The summed E-state index contributed by atoms with van der Waals surface area (Å²) in [6, 6.07) is 9.83. The fourth-order valence-corrected chi connectivity index (χ4v) is 4.41. The number of hydrogen-bond acceptors (Lipinski definition) is 7. The average Bonchev–Trinajstić information content (AvgIpc) is 3.23. The van der Waals surface area contributed by atoms with Gasteiger partial charge in [-0.1, -0.05) is 12.1 Å². The third-order valence-corrected chi connectivity index (χ3v) is 6.11. The zero-order valence-electron chi connectivity index (χ0n) is 18.6. The minimum absolute atomic E-state index is 0.265. The van der Waals surface area contributed by atoms with E-state index < -0.39 is 5.60 Å². The van der Waals surface area contributed by atoms with E-state index in [2.05, 4.69) is 20.2 Å². The van der Waals surface area contributed by atoms with Gasteiger partial charge in [-0.3, -0.25) is 4.79 Å². The molecule has 1 atom stereocenters. The van der Waals surface area contributed by atoms with Crippen LogP contribution in [-0.2, 0) is 11.3 Å². The smallest absolute Gasteiger partial charge is 0.225 e. The summed E-state index contributed by atoms with van der Waals surface area (Å²) < 4.78 is 5.81. The van der Waals surface area contributed by atoms with Crippen LogP contribution in [0.4, 0.5) is 5.95 Å². The van der Waals surface area contributed by atoms with Crippen molar-refractivity contribution in [3.63, 3.8) is 0 Å². The third kappa shape index (κ3) is 6.17. The number of ether oxygens (including phenoxy) is 1. The van der Waals surface area contributed by atoms with Crippen molar-refractivity contribution >= 4 is 11.9 Å². The summed E-state index contributed by atoms with van der Waals surface area (Å²) in [6.07, 6.45) is 7.65. The molecular formula is C24H33N5O3. The van der Waals surface area contributed by atoms with Crippen LogP contribution in [-0.4, -0.2) is 70.8 Å². The van der Waals surface area contributed by atoms with Gasteiger partial charge in [0.05, 0.1) is 18.8 Å². The molecule has 2 fully saturated rings. The Morgan fingerprint density at radius 2 is 1.94 bits per heavy atom. The third-order valence-electron chi connectivity index (χ3n) is 6.11. The van der Waals surface area contributed by atoms with Gasteiger partial charge in [-0.2, -0.15) is 0 Å². The fraction of sp³-hybridized carbons (Fsp3) is 0.542. The van der Waals surface area contributed by atoms with E-state index in [0.29, 0.717) is 38.6 Å². The van der Waals surface area contributed by atoms with Crippen molar-refractivity contribution in [1.82, 2.24) is 20.2 Å². The Morgan fingerprint density at radius 1 is 1.12 bits per heavy atom. The van der Waals surface area contributed by atoms with Crippen LogP contribution in [0.2, 0.25) is 0 Å². The van der Waals surface area contributed by atoms with E-state index in [-0.39, 0.29) is 5.91 Å². The quantitative estimate of drug-likeness (QED) is 0.547. The second kappa shape index (κ2) is 10.7. The lowest BCUT2D eigenvalue weighted by Gasteiger charge is -2.39. The number of β-amino-alcohol motifs (C(OH)–C–C–N with tert-alkyl or cyclic N) is 1. The summed E-state index contributed by atoms with van der Waals surface area (Å²) in [5.41, 5.74) is 0.347. The summed E-state index contributed by atoms with van der Waals surface area (Å²) in [5.74, 6) is 1.78. The van der Waals surface area contributed by atoms with Gasteiger partial charge in [0.15, 0.2) is 0 Å². The van der Waals surface area contributed by atoms with E-state index in [4.69, 9.17) is 4.74 Å². The second-order valence-electron chi connectivity index (χ2n) is 8.73. The van der Waals surface area contributed by atoms with E-state index in [1.165, 1.54) is 0 Å². The lowest BCUT2D eigenvalue weighted by atomic mass is 9.93. The van der Waals surface area contributed by atoms with Gasteiger partial charge >= 0.3 is 0 Å². The first kappa shape index (κ1) is 22.5. The summed E-state index contributed by atoms with van der Waals surface area (Å²) in [6.45, 7) is 4.86. The molecule has 172 valence electrons. The van der Waals surface area contributed by atoms with Crippen molar-refractivity contribution in [2.45, 2.75) is 44.2 Å². The predicted octanol–water partition coefficient (Wildman–Crippen LogP) is 1.99. The van der Waals surface area contributed by atoms with Crippen LogP contribution < -0.4 is 15.0 Å². The molecule has 2 N–H and O–H groups in total. The number of nitrogens with zero attached hydrogens (tertiary/aromatic N) is 4. The number of nitrogens with one attached hydrogen (secondary N) is 1. The molecule has 2 saturated heterocycles. The minimum Gasteiger partial charge on any atom is -0.494 e. The number of amides is 1. The van der Waals surface area contributed by atoms with Gasteiger partial charge in [-0.05, 0) is 49.4 Å². The lowest BCUT2D eigenvalue weighted by molar-refractivity contribution is -0.127. The molecule has 0 aliphatic carbocycles. The number of hydrogen-bond donors (Lipinski definition) is 2. The normalized spacial score (nSPS) is 21.2. The monoisotopic (exact) mass is 439 g/mol. The first-order valence-corrected chi connectivity index (χ1v) is 11.6. The molecule has 1 aromatic heterocycles. The van der Waals surface area contributed by atoms with Gasteiger partial charge in [0.25, 0.3) is 0 Å². The molecule has 3 heterocycles. The molecule has 4 rings (SSSR count). The van der Waals surface area contributed by atoms with E-state index >= 15 is 0 Å². The molecule has 2 aromatic rings. The maximum Gasteiger partial charge on any atom is 0.225 e. The second-order valence-corrected chi connectivity index (χ2v) is 8.73. The number of piperidine rings is 1. The van der Waals surface area contributed by atoms with Crippen molar-refractivity contribution in [2.75, 3.05) is 44.2 Å². The predicted molar refractivity (Wildman–Crippen MR) is 123 cm³/mol. The molecule has 32 heavy (non-hydrogen) atoms. The minimum atomic E-state index is -0.794. The highest BCUT2D eigenvalue weighted by atomic mass is 16.5. The number of aliphatic hydroxyl groups is 1. The van der Waals surface area contributed by atoms with E-state index in [0.717, 1.165) is 56.6 Å². The standard InChI is InChI=1S/C24H33N5O3/c30-22-5-1-13-28(22)15-4-16-32-21-8-6-20(7-9-21)17-25-18-24(31)10-2-14-29(19-24)23-26-11-3-12-27-23/h3,6-9,11-12,25,31H,1-2,4-5,10,13-19H2/t24-/m0/s1. The Labute approximate surface area is 189 Å². The zero-order valence-corrected chi connectivity index (χ0v) is 18.6. The molecule has 0 unspecified atom stereocenters. The van der Waals surface area contributed by atoms with Gasteiger partial charge in [0, 0.05) is 51.5 Å². The molecule has 0 spiro atoms. The van der Waals surface area contributed by atoms with Gasteiger partial charge in [0.2, 0.25) is 11.9 Å². The van der Waals surface area contributed by atoms with Crippen molar-refractivity contribution < 1.29 is 14.6 Å². The summed E-state index contributed by atoms with van der Waals surface area (Å²) in [7, 11) is 0. The number of aromatic nitrogens is 2. The SMILES string of the molecule is O=C1CCCN1CCCOc1ccc(CNC[C@@]2(O)CCCN(c3ncccn3)C2)cc1. The fourth-order valence-electron chi connectivity index (χ4n) is 4.41. The van der Waals surface area contributed by atoms with Crippen LogP contribution in [0.1, 0.15) is 37.7 Å². The Morgan fingerprint density at radius 3 is 2.69 bits per heavy atom. The number of benzene rings is 1. The van der Waals surface area contributed by atoms with Gasteiger partial charge < -0.3 is 25.0 Å². The molecule has 2 aliphatic rings. The molecular weight excluding hydrogens is 406 g/mol. The van der Waals surface area contributed by atoms with Gasteiger partial charge in [-0.25, -0.2) is 9.97 Å². The van der Waals surface area contributed by atoms with E-state index in [1.807, 2.05) is 29.2 Å². The van der Waals surface area contributed by atoms with E-state index in [9.17, 15) is 9.90 Å². The zero-order chi connectivity index (χ0) is 22.2. The van der Waals surface area contributed by atoms with Crippen LogP contribution in [0, 0.1) is 0 Å². The molecule has 0 radical (unpaired) electrons. The largest absolute Gasteiger partial charge is 0.494 e. The number of carbonyl (C=O) groups is 1. The van der Waals surface area contributed by atoms with Crippen LogP contribution in [0.5, 0.6) is 5.75 Å². The average molecular weight is 440 g/mol. The van der Waals surface area contributed by atoms with Crippen LogP contribution >= 0.6 is 0 Å². The number of anilines is 1. The van der Waals surface area contributed by atoms with Crippen LogP contribution in [0.25, 0.3) is 0 Å². The Kier molecular flexibility index (Phi) is 7.55. The Bertz CT molecular complexity index is 864. The topological polar surface area (TPSA) is 90.8 Å². The molecule has 0 saturated carbocycles. The summed E-state index contributed by atoms with van der Waals surface area (Å²) in [4.78, 5) is 24.2. The Balaban J connectivity index is 1.17. The lowest BCUT2D eigenvalue weighted by Crippen LogP contribution is -2.53. The maximum absolute atomic E-state index is 11.6. The first-order valence-electron chi connectivity index (χ1n) is 11.6. The highest BCUT2D eigenvalue weighted by Gasteiger charge is 2.33. The van der Waals surface area contributed by atoms with Gasteiger partial charge in [0.1, 0.15) is 5.75 Å². The number of likely N-dealkylation sites (tertiary alicyclic amines) is 1. The summed E-state index contributed by atoms with van der Waals surface area (Å²) in [5, 5.41) is 14.4. The highest BCUT2D eigenvalue weighted by Crippen LogP contribution is 2.23. The first-order chi connectivity index (χ1) is 15.6. The molecule has 0 bridgehead atoms. The van der Waals surface area contributed by atoms with Crippen molar-refractivity contribution in [3.8, 4) is 5.75 Å². The maximum atomic E-state index is 11.6. The Hall–Kier alpha value is -2.71. The van der Waals surface area contributed by atoms with Crippen molar-refractivity contribution in [3.05, 3.63) is 48.3 Å². The van der Waals surface area contributed by atoms with Gasteiger partial charge in [-0.15, -0.1) is 0 Å². The van der Waals surface area contributed by atoms with Crippen molar-refractivity contribution in [2.24, 2.45) is 0 Å². The number of carbonyl (C=O) groups excluding carboxylic acids is 1. The van der Waals surface area contributed by atoms with Crippen LogP contribution in [0.15, 0.2) is 42.7 Å². The molecule has 8 nitrogen and oxygen atoms in total. The highest BCUT2D eigenvalue weighted by molar-refractivity contribution is 5.77. The number of rotatable bonds is 10. The molecule has 1 amide bonds.